The molecule has 0 spiro atoms. The average molecular weight is 161 g/mol. The predicted octanol–water partition coefficient (Wildman–Crippen LogP) is 1.09. The molecule has 0 saturated heterocycles. The molecule has 0 aromatic rings. The molecule has 5 saturated carbocycles. The van der Waals surface area contributed by atoms with E-state index in [4.69, 9.17) is 5.73 Å². The van der Waals surface area contributed by atoms with Crippen LogP contribution < -0.4 is 5.73 Å². The molecule has 1 nitrogen and oxygen atoms in total. The number of hydrogen-bond acceptors (Lipinski definition) is 1. The van der Waals surface area contributed by atoms with Gasteiger partial charge in [0.2, 0.25) is 0 Å². The van der Waals surface area contributed by atoms with Gasteiger partial charge in [-0.15, -0.1) is 0 Å². The smallest absolute Gasteiger partial charge is 0.0107 e. The van der Waals surface area contributed by atoms with Crippen molar-refractivity contribution in [3.63, 3.8) is 0 Å². The molecule has 12 heavy (non-hydrogen) atoms. The predicted molar refractivity (Wildman–Crippen MR) is 45.1 cm³/mol. The number of hydrogen-bond donors (Lipinski definition) is 1. The molecule has 2 bridgehead atoms. The van der Waals surface area contributed by atoms with Crippen molar-refractivity contribution in [2.24, 2.45) is 53.1 Å². The van der Waals surface area contributed by atoms with Crippen molar-refractivity contribution in [1.29, 1.82) is 0 Å². The summed E-state index contributed by atoms with van der Waals surface area (Å²) in [5, 5.41) is 0. The second kappa shape index (κ2) is 1.30. The number of nitrogens with two attached hydrogens (primary N) is 1. The molecular formula is C11H15N. The van der Waals surface area contributed by atoms with E-state index in [0.29, 0.717) is 6.04 Å². The second-order valence-electron chi connectivity index (χ2n) is 6.01. The molecule has 0 radical (unpaired) electrons. The first kappa shape index (κ1) is 5.64. The van der Waals surface area contributed by atoms with Crippen LogP contribution in [0, 0.1) is 47.3 Å². The van der Waals surface area contributed by atoms with Gasteiger partial charge in [-0.25, -0.2) is 0 Å². The molecule has 5 aliphatic carbocycles. The largest absolute Gasteiger partial charge is 0.327 e. The minimum Gasteiger partial charge on any atom is -0.327 e. The lowest BCUT2D eigenvalue weighted by Crippen LogP contribution is -2.49. The molecule has 5 rings (SSSR count). The fourth-order valence-corrected chi connectivity index (χ4v) is 6.55. The highest BCUT2D eigenvalue weighted by Gasteiger charge is 2.79. The standard InChI is InChI=1S/C11H15N/c12-11-8-4-2-5-7-3(4)1-6(8)9(7)10(5)11/h3-11H,1-2,12H2/t3-,4-,5+,6+,7-,8-,9+,10-,11-/m1/s1. The molecule has 5 aliphatic rings. The van der Waals surface area contributed by atoms with Crippen molar-refractivity contribution < 1.29 is 0 Å². The van der Waals surface area contributed by atoms with Crippen LogP contribution in [-0.4, -0.2) is 6.04 Å². The van der Waals surface area contributed by atoms with E-state index in [9.17, 15) is 0 Å². The second-order valence-corrected chi connectivity index (χ2v) is 6.01. The fraction of sp³-hybridized carbons (Fsp3) is 1.00. The van der Waals surface area contributed by atoms with Gasteiger partial charge in [-0.1, -0.05) is 0 Å². The van der Waals surface area contributed by atoms with Crippen molar-refractivity contribution in [2.45, 2.75) is 18.9 Å². The molecule has 2 N–H and O–H groups in total. The van der Waals surface area contributed by atoms with Crippen LogP contribution in [0.2, 0.25) is 0 Å². The van der Waals surface area contributed by atoms with Gasteiger partial charge in [0.1, 0.15) is 0 Å². The Balaban J connectivity index is 1.86. The molecule has 64 valence electrons. The fourth-order valence-electron chi connectivity index (χ4n) is 6.55. The van der Waals surface area contributed by atoms with E-state index >= 15 is 0 Å². The molecule has 0 aromatic carbocycles. The summed E-state index contributed by atoms with van der Waals surface area (Å²) in [4.78, 5) is 0. The van der Waals surface area contributed by atoms with Crippen LogP contribution in [0.3, 0.4) is 0 Å². The molecule has 0 heterocycles. The van der Waals surface area contributed by atoms with Crippen LogP contribution in [0.25, 0.3) is 0 Å². The van der Waals surface area contributed by atoms with Gasteiger partial charge in [0.15, 0.2) is 0 Å². The first-order valence-electron chi connectivity index (χ1n) is 5.63. The Morgan fingerprint density at radius 3 is 2.17 bits per heavy atom. The topological polar surface area (TPSA) is 26.0 Å². The van der Waals surface area contributed by atoms with E-state index in [1.165, 1.54) is 11.8 Å². The summed E-state index contributed by atoms with van der Waals surface area (Å²) >= 11 is 0. The minimum absolute atomic E-state index is 0.646. The summed E-state index contributed by atoms with van der Waals surface area (Å²) in [6.07, 6.45) is 3.18. The van der Waals surface area contributed by atoms with E-state index < -0.39 is 0 Å². The summed E-state index contributed by atoms with van der Waals surface area (Å²) in [6, 6.07) is 0.646. The zero-order chi connectivity index (χ0) is 7.61. The van der Waals surface area contributed by atoms with Crippen molar-refractivity contribution >= 4 is 0 Å². The van der Waals surface area contributed by atoms with Crippen molar-refractivity contribution in [1.82, 2.24) is 0 Å². The van der Waals surface area contributed by atoms with Crippen LogP contribution in [0.15, 0.2) is 0 Å². The Bertz CT molecular complexity index is 277. The molecule has 0 aromatic heterocycles. The van der Waals surface area contributed by atoms with E-state index in [2.05, 4.69) is 0 Å². The van der Waals surface area contributed by atoms with Gasteiger partial charge in [-0.3, -0.25) is 0 Å². The first-order chi connectivity index (χ1) is 5.88. The lowest BCUT2D eigenvalue weighted by Gasteiger charge is -2.47. The maximum absolute atomic E-state index is 6.34. The van der Waals surface area contributed by atoms with Crippen LogP contribution in [0.5, 0.6) is 0 Å². The van der Waals surface area contributed by atoms with Crippen molar-refractivity contribution in [3.8, 4) is 0 Å². The summed E-state index contributed by atoms with van der Waals surface area (Å²) < 4.78 is 0. The Labute approximate surface area is 72.7 Å². The Morgan fingerprint density at radius 2 is 1.33 bits per heavy atom. The molecule has 5 fully saturated rings. The third kappa shape index (κ3) is 0.296. The van der Waals surface area contributed by atoms with Gasteiger partial charge >= 0.3 is 0 Å². The molecular weight excluding hydrogens is 146 g/mol. The highest BCUT2D eigenvalue weighted by atomic mass is 14.9. The zero-order valence-corrected chi connectivity index (χ0v) is 7.19. The monoisotopic (exact) mass is 161 g/mol. The summed E-state index contributed by atoms with van der Waals surface area (Å²) in [5.41, 5.74) is 6.34. The Morgan fingerprint density at radius 1 is 0.667 bits per heavy atom. The quantitative estimate of drug-likeness (QED) is 0.565. The minimum atomic E-state index is 0.646. The van der Waals surface area contributed by atoms with Crippen molar-refractivity contribution in [3.05, 3.63) is 0 Å². The first-order valence-corrected chi connectivity index (χ1v) is 5.63. The van der Waals surface area contributed by atoms with Gasteiger partial charge in [-0.05, 0) is 60.2 Å². The Hall–Kier alpha value is -0.0400. The lowest BCUT2D eigenvalue weighted by molar-refractivity contribution is 0.0167. The summed E-state index contributed by atoms with van der Waals surface area (Å²) in [6.45, 7) is 0. The van der Waals surface area contributed by atoms with Crippen LogP contribution in [-0.2, 0) is 0 Å². The van der Waals surface area contributed by atoms with Gasteiger partial charge in [0, 0.05) is 6.04 Å². The zero-order valence-electron chi connectivity index (χ0n) is 7.19. The maximum Gasteiger partial charge on any atom is 0.0107 e. The summed E-state index contributed by atoms with van der Waals surface area (Å²) in [5.74, 6) is 8.84. The number of rotatable bonds is 0. The molecule has 0 aliphatic heterocycles. The normalized spacial score (nSPS) is 85.2. The van der Waals surface area contributed by atoms with E-state index in [1.807, 2.05) is 0 Å². The van der Waals surface area contributed by atoms with E-state index in [1.54, 1.807) is 12.8 Å². The maximum atomic E-state index is 6.34. The van der Waals surface area contributed by atoms with Crippen LogP contribution >= 0.6 is 0 Å². The van der Waals surface area contributed by atoms with Gasteiger partial charge in [0.05, 0.1) is 0 Å². The number of fused-ring (bicyclic) bond motifs is 2. The van der Waals surface area contributed by atoms with Gasteiger partial charge in [0.25, 0.3) is 0 Å². The highest BCUT2D eigenvalue weighted by molar-refractivity contribution is 5.28. The highest BCUT2D eigenvalue weighted by Crippen LogP contribution is 2.82. The van der Waals surface area contributed by atoms with Gasteiger partial charge < -0.3 is 5.73 Å². The lowest BCUT2D eigenvalue weighted by atomic mass is 9.59. The third-order valence-corrected chi connectivity index (χ3v) is 6.38. The van der Waals surface area contributed by atoms with Gasteiger partial charge in [-0.2, -0.15) is 0 Å². The Kier molecular flexibility index (Phi) is 0.609. The average Bonchev–Trinajstić information content (AvgIpc) is 2.47. The third-order valence-electron chi connectivity index (χ3n) is 6.38. The van der Waals surface area contributed by atoms with Crippen molar-refractivity contribution in [2.75, 3.05) is 0 Å². The van der Waals surface area contributed by atoms with E-state index in [0.717, 1.165) is 35.5 Å². The van der Waals surface area contributed by atoms with Crippen LogP contribution in [0.4, 0.5) is 0 Å². The van der Waals surface area contributed by atoms with Crippen LogP contribution in [0.1, 0.15) is 12.8 Å². The molecule has 0 amide bonds. The molecule has 1 heteroatoms. The molecule has 0 unspecified atom stereocenters. The summed E-state index contributed by atoms with van der Waals surface area (Å²) in [7, 11) is 0. The molecule has 9 atom stereocenters. The SMILES string of the molecule is N[C@@H]1[C@@H]2[C@@H]3C[C@H]4[C@H]5[C@@H]3C[C@@H]2[C@@H]5[C@H]14. The van der Waals surface area contributed by atoms with E-state index in [-0.39, 0.29) is 0 Å².